The molecule has 0 saturated heterocycles. The van der Waals surface area contributed by atoms with Crippen LogP contribution in [0.25, 0.3) is 0 Å². The number of halogens is 1. The van der Waals surface area contributed by atoms with Gasteiger partial charge in [0.25, 0.3) is 0 Å². The summed E-state index contributed by atoms with van der Waals surface area (Å²) in [6.45, 7) is 4.15. The highest BCUT2D eigenvalue weighted by molar-refractivity contribution is 9.09. The lowest BCUT2D eigenvalue weighted by Gasteiger charge is -2.13. The number of carbonyl (C=O) groups excluding carboxylic acids is 1. The van der Waals surface area contributed by atoms with E-state index in [9.17, 15) is 4.79 Å². The molecule has 0 aromatic heterocycles. The first-order valence-electron chi connectivity index (χ1n) is 6.53. The predicted octanol–water partition coefficient (Wildman–Crippen LogP) is 3.61. The zero-order valence-electron chi connectivity index (χ0n) is 11.2. The minimum absolute atomic E-state index is 0.153. The van der Waals surface area contributed by atoms with E-state index in [0.29, 0.717) is 6.42 Å². The molecular formula is C15H22BrNO. The van der Waals surface area contributed by atoms with E-state index in [1.807, 2.05) is 12.1 Å². The van der Waals surface area contributed by atoms with Gasteiger partial charge in [-0.25, -0.2) is 0 Å². The van der Waals surface area contributed by atoms with Gasteiger partial charge in [-0.2, -0.15) is 0 Å². The molecule has 0 saturated carbocycles. The van der Waals surface area contributed by atoms with Crippen LogP contribution in [0.15, 0.2) is 24.3 Å². The van der Waals surface area contributed by atoms with E-state index in [-0.39, 0.29) is 11.9 Å². The Kier molecular flexibility index (Phi) is 7.02. The van der Waals surface area contributed by atoms with E-state index >= 15 is 0 Å². The average Bonchev–Trinajstić information content (AvgIpc) is 2.35. The molecule has 3 heteroatoms. The molecule has 1 unspecified atom stereocenters. The van der Waals surface area contributed by atoms with Crippen LogP contribution in [0.4, 0.5) is 0 Å². The van der Waals surface area contributed by atoms with Crippen molar-refractivity contribution in [3.8, 4) is 0 Å². The number of hydrogen-bond acceptors (Lipinski definition) is 1. The van der Waals surface area contributed by atoms with Crippen LogP contribution in [0.3, 0.4) is 0 Å². The van der Waals surface area contributed by atoms with Crippen LogP contribution >= 0.6 is 15.9 Å². The van der Waals surface area contributed by atoms with Gasteiger partial charge in [0, 0.05) is 17.8 Å². The monoisotopic (exact) mass is 311 g/mol. The Morgan fingerprint density at radius 1 is 1.39 bits per heavy atom. The lowest BCUT2D eigenvalue weighted by molar-refractivity contribution is -0.121. The molecule has 100 valence electrons. The summed E-state index contributed by atoms with van der Waals surface area (Å²) >= 11 is 3.40. The molecule has 1 N–H and O–H groups in total. The van der Waals surface area contributed by atoms with Crippen LogP contribution in [-0.4, -0.2) is 17.3 Å². The van der Waals surface area contributed by atoms with E-state index in [0.717, 1.165) is 24.6 Å². The Labute approximate surface area is 118 Å². The van der Waals surface area contributed by atoms with E-state index in [2.05, 4.69) is 47.2 Å². The second kappa shape index (κ2) is 8.30. The third-order valence-electron chi connectivity index (χ3n) is 3.06. The fourth-order valence-corrected chi connectivity index (χ4v) is 2.27. The van der Waals surface area contributed by atoms with E-state index < -0.39 is 0 Å². The van der Waals surface area contributed by atoms with Gasteiger partial charge < -0.3 is 5.32 Å². The summed E-state index contributed by atoms with van der Waals surface area (Å²) in [5.41, 5.74) is 2.53. The number of amides is 1. The lowest BCUT2D eigenvalue weighted by atomic mass is 10.0. The Morgan fingerprint density at radius 3 is 2.78 bits per heavy atom. The summed E-state index contributed by atoms with van der Waals surface area (Å²) in [7, 11) is 0. The van der Waals surface area contributed by atoms with Gasteiger partial charge in [0.05, 0.1) is 0 Å². The summed E-state index contributed by atoms with van der Waals surface area (Å²) in [5, 5.41) is 4.04. The SMILES string of the molecule is Cc1ccccc1CCC(=O)NC(C)CCCBr. The van der Waals surface area contributed by atoms with Crippen molar-refractivity contribution in [2.75, 3.05) is 5.33 Å². The molecule has 0 bridgehead atoms. The Hall–Kier alpha value is -0.830. The third kappa shape index (κ3) is 5.67. The molecule has 0 aliphatic heterocycles. The van der Waals surface area contributed by atoms with Gasteiger partial charge in [0.1, 0.15) is 0 Å². The maximum atomic E-state index is 11.8. The topological polar surface area (TPSA) is 29.1 Å². The Bertz CT molecular complexity index is 379. The standard InChI is InChI=1S/C15H22BrNO/c1-12-6-3-4-8-14(12)9-10-15(18)17-13(2)7-5-11-16/h3-4,6,8,13H,5,7,9-11H2,1-2H3,(H,17,18). The number of carbonyl (C=O) groups is 1. The van der Waals surface area contributed by atoms with Crippen molar-refractivity contribution in [2.24, 2.45) is 0 Å². The lowest BCUT2D eigenvalue weighted by Crippen LogP contribution is -2.32. The van der Waals surface area contributed by atoms with Crippen LogP contribution in [0, 0.1) is 6.92 Å². The van der Waals surface area contributed by atoms with E-state index in [1.165, 1.54) is 11.1 Å². The third-order valence-corrected chi connectivity index (χ3v) is 3.62. The molecule has 0 fully saturated rings. The molecule has 0 aliphatic carbocycles. The highest BCUT2D eigenvalue weighted by Gasteiger charge is 2.07. The van der Waals surface area contributed by atoms with Crippen molar-refractivity contribution in [2.45, 2.75) is 45.6 Å². The largest absolute Gasteiger partial charge is 0.354 e. The molecule has 0 spiro atoms. The van der Waals surface area contributed by atoms with Crippen LogP contribution < -0.4 is 5.32 Å². The maximum absolute atomic E-state index is 11.8. The van der Waals surface area contributed by atoms with Gasteiger partial charge in [0.2, 0.25) is 5.91 Å². The zero-order chi connectivity index (χ0) is 13.4. The van der Waals surface area contributed by atoms with Gasteiger partial charge in [-0.3, -0.25) is 4.79 Å². The molecule has 1 amide bonds. The fourth-order valence-electron chi connectivity index (χ4n) is 1.94. The fraction of sp³-hybridized carbons (Fsp3) is 0.533. The second-order valence-electron chi connectivity index (χ2n) is 4.73. The van der Waals surface area contributed by atoms with Crippen molar-refractivity contribution < 1.29 is 4.79 Å². The highest BCUT2D eigenvalue weighted by atomic mass is 79.9. The summed E-state index contributed by atoms with van der Waals surface area (Å²) < 4.78 is 0. The first-order chi connectivity index (χ1) is 8.63. The van der Waals surface area contributed by atoms with E-state index in [4.69, 9.17) is 0 Å². The number of alkyl halides is 1. The molecule has 0 aliphatic rings. The molecule has 0 heterocycles. The van der Waals surface area contributed by atoms with Crippen molar-refractivity contribution in [1.82, 2.24) is 5.32 Å². The van der Waals surface area contributed by atoms with Crippen molar-refractivity contribution >= 4 is 21.8 Å². The van der Waals surface area contributed by atoms with Crippen molar-refractivity contribution in [3.05, 3.63) is 35.4 Å². The summed E-state index contributed by atoms with van der Waals surface area (Å²) in [6.07, 6.45) is 3.52. The number of nitrogens with one attached hydrogen (secondary N) is 1. The molecule has 2 nitrogen and oxygen atoms in total. The molecular weight excluding hydrogens is 290 g/mol. The van der Waals surface area contributed by atoms with Crippen molar-refractivity contribution in [1.29, 1.82) is 0 Å². The zero-order valence-corrected chi connectivity index (χ0v) is 12.8. The maximum Gasteiger partial charge on any atom is 0.220 e. The first-order valence-corrected chi connectivity index (χ1v) is 7.65. The Balaban J connectivity index is 2.31. The molecule has 1 aromatic carbocycles. The first kappa shape index (κ1) is 15.2. The number of benzene rings is 1. The molecule has 18 heavy (non-hydrogen) atoms. The smallest absolute Gasteiger partial charge is 0.220 e. The normalized spacial score (nSPS) is 12.2. The molecule has 1 rings (SSSR count). The minimum atomic E-state index is 0.153. The average molecular weight is 312 g/mol. The van der Waals surface area contributed by atoms with Gasteiger partial charge in [-0.05, 0) is 44.2 Å². The minimum Gasteiger partial charge on any atom is -0.354 e. The number of hydrogen-bond donors (Lipinski definition) is 1. The molecule has 1 atom stereocenters. The summed E-state index contributed by atoms with van der Waals surface area (Å²) in [5.74, 6) is 0.153. The highest BCUT2D eigenvalue weighted by Crippen LogP contribution is 2.09. The predicted molar refractivity (Wildman–Crippen MR) is 80.1 cm³/mol. The van der Waals surface area contributed by atoms with Crippen LogP contribution in [0.2, 0.25) is 0 Å². The molecule has 1 aromatic rings. The number of aryl methyl sites for hydroxylation is 2. The second-order valence-corrected chi connectivity index (χ2v) is 5.52. The summed E-state index contributed by atoms with van der Waals surface area (Å²) in [6, 6.07) is 8.51. The summed E-state index contributed by atoms with van der Waals surface area (Å²) in [4.78, 5) is 11.8. The van der Waals surface area contributed by atoms with Crippen LogP contribution in [0.1, 0.15) is 37.3 Å². The van der Waals surface area contributed by atoms with Crippen LogP contribution in [0.5, 0.6) is 0 Å². The van der Waals surface area contributed by atoms with Gasteiger partial charge >= 0.3 is 0 Å². The van der Waals surface area contributed by atoms with Gasteiger partial charge in [-0.15, -0.1) is 0 Å². The van der Waals surface area contributed by atoms with Gasteiger partial charge in [-0.1, -0.05) is 40.2 Å². The number of rotatable bonds is 7. The Morgan fingerprint density at radius 2 is 2.11 bits per heavy atom. The van der Waals surface area contributed by atoms with Gasteiger partial charge in [0.15, 0.2) is 0 Å². The quantitative estimate of drug-likeness (QED) is 0.766. The van der Waals surface area contributed by atoms with Crippen LogP contribution in [-0.2, 0) is 11.2 Å². The van der Waals surface area contributed by atoms with Crippen molar-refractivity contribution in [3.63, 3.8) is 0 Å². The van der Waals surface area contributed by atoms with E-state index in [1.54, 1.807) is 0 Å². The molecule has 0 radical (unpaired) electrons.